The van der Waals surface area contributed by atoms with Crippen LogP contribution in [0.2, 0.25) is 0 Å². The van der Waals surface area contributed by atoms with Crippen molar-refractivity contribution >= 4 is 12.0 Å². The molecule has 2 fully saturated rings. The Morgan fingerprint density at radius 2 is 1.53 bits per heavy atom. The van der Waals surface area contributed by atoms with E-state index in [1.165, 1.54) is 31.2 Å². The van der Waals surface area contributed by atoms with Crippen LogP contribution in [0, 0.1) is 0 Å². The normalized spacial score (nSPS) is 38.7. The second-order valence-electron chi connectivity index (χ2n) is 8.05. The van der Waals surface area contributed by atoms with E-state index in [1.807, 2.05) is 0 Å². The van der Waals surface area contributed by atoms with Crippen LogP contribution in [0.15, 0.2) is 24.3 Å². The first-order valence-corrected chi connectivity index (χ1v) is 10.4. The summed E-state index contributed by atoms with van der Waals surface area (Å²) < 4.78 is 21.0. The summed E-state index contributed by atoms with van der Waals surface area (Å²) in [6.07, 6.45) is -12.8. The average Bonchev–Trinajstić information content (AvgIpc) is 2.81. The van der Waals surface area contributed by atoms with E-state index in [1.54, 1.807) is 0 Å². The van der Waals surface area contributed by atoms with Crippen molar-refractivity contribution in [3.05, 3.63) is 29.8 Å². The van der Waals surface area contributed by atoms with Gasteiger partial charge in [0.05, 0.1) is 12.7 Å². The van der Waals surface area contributed by atoms with Crippen molar-refractivity contribution in [3.8, 4) is 11.5 Å². The fourth-order valence-electron chi connectivity index (χ4n) is 3.45. The zero-order chi connectivity index (χ0) is 25.2. The number of aliphatic hydroxyl groups excluding tert-OH is 6. The third-order valence-corrected chi connectivity index (χ3v) is 5.55. The fraction of sp³-hybridized carbons (Fsp3) is 0.571. The molecule has 10 atom stereocenters. The third kappa shape index (κ3) is 5.83. The van der Waals surface area contributed by atoms with E-state index in [0.29, 0.717) is 5.56 Å². The molecule has 2 aliphatic rings. The Labute approximate surface area is 193 Å². The van der Waals surface area contributed by atoms with E-state index >= 15 is 0 Å². The highest BCUT2D eigenvalue weighted by atomic mass is 16.7. The van der Waals surface area contributed by atoms with Crippen molar-refractivity contribution < 1.29 is 64.6 Å². The molecule has 1 aromatic carbocycles. The van der Waals surface area contributed by atoms with E-state index in [9.17, 15) is 45.6 Å². The number of esters is 1. The number of carbonyl (C=O) groups is 1. The summed E-state index contributed by atoms with van der Waals surface area (Å²) in [6.45, 7) is 0.948. The number of phenolic OH excluding ortho intramolecular Hbond substituents is 2. The maximum absolute atomic E-state index is 12.1. The largest absolute Gasteiger partial charge is 0.504 e. The first kappa shape index (κ1) is 26.3. The molecule has 0 bridgehead atoms. The lowest BCUT2D eigenvalue weighted by molar-refractivity contribution is -0.323. The number of ether oxygens (including phenoxy) is 4. The fourth-order valence-corrected chi connectivity index (χ4v) is 3.45. The summed E-state index contributed by atoms with van der Waals surface area (Å²) in [5, 5.41) is 78.8. The topological polar surface area (TPSA) is 216 Å². The van der Waals surface area contributed by atoms with E-state index in [0.717, 1.165) is 6.08 Å². The molecule has 13 heteroatoms. The van der Waals surface area contributed by atoms with Crippen LogP contribution in [0.3, 0.4) is 0 Å². The summed E-state index contributed by atoms with van der Waals surface area (Å²) in [6, 6.07) is 3.82. The molecule has 34 heavy (non-hydrogen) atoms. The highest BCUT2D eigenvalue weighted by molar-refractivity contribution is 5.87. The van der Waals surface area contributed by atoms with Crippen LogP contribution in [-0.2, 0) is 23.7 Å². The zero-order valence-corrected chi connectivity index (χ0v) is 18.0. The second kappa shape index (κ2) is 10.9. The average molecular weight is 488 g/mol. The molecule has 2 aliphatic heterocycles. The van der Waals surface area contributed by atoms with Gasteiger partial charge < -0.3 is 59.8 Å². The van der Waals surface area contributed by atoms with Crippen LogP contribution in [0.25, 0.3) is 6.08 Å². The Hall–Kier alpha value is -2.33. The van der Waals surface area contributed by atoms with Crippen LogP contribution >= 0.6 is 0 Å². The van der Waals surface area contributed by atoms with E-state index in [2.05, 4.69) is 0 Å². The molecule has 13 nitrogen and oxygen atoms in total. The number of carbonyl (C=O) groups excluding carboxylic acids is 1. The van der Waals surface area contributed by atoms with E-state index in [-0.39, 0.29) is 5.75 Å². The van der Waals surface area contributed by atoms with Gasteiger partial charge >= 0.3 is 5.97 Å². The maximum Gasteiger partial charge on any atom is 0.333 e. The third-order valence-electron chi connectivity index (χ3n) is 5.55. The highest BCUT2D eigenvalue weighted by Crippen LogP contribution is 2.27. The molecule has 0 aliphatic carbocycles. The Morgan fingerprint density at radius 1 is 0.882 bits per heavy atom. The number of phenols is 2. The predicted octanol–water partition coefficient (Wildman–Crippen LogP) is -2.69. The van der Waals surface area contributed by atoms with Crippen molar-refractivity contribution in [3.63, 3.8) is 0 Å². The molecule has 190 valence electrons. The molecule has 3 rings (SSSR count). The van der Waals surface area contributed by atoms with Gasteiger partial charge in [0.15, 0.2) is 17.8 Å². The van der Waals surface area contributed by atoms with Crippen LogP contribution in [0.5, 0.6) is 11.5 Å². The molecule has 0 aromatic heterocycles. The summed E-state index contributed by atoms with van der Waals surface area (Å²) in [5.41, 5.74) is 0.353. The van der Waals surface area contributed by atoms with Gasteiger partial charge in [-0.2, -0.15) is 0 Å². The minimum atomic E-state index is -1.80. The summed E-state index contributed by atoms with van der Waals surface area (Å²) in [4.78, 5) is 12.1. The lowest BCUT2D eigenvalue weighted by atomic mass is 9.98. The van der Waals surface area contributed by atoms with Gasteiger partial charge in [0.2, 0.25) is 6.29 Å². The maximum atomic E-state index is 12.1. The van der Waals surface area contributed by atoms with Crippen molar-refractivity contribution in [1.29, 1.82) is 0 Å². The van der Waals surface area contributed by atoms with Crippen LogP contribution < -0.4 is 0 Å². The molecule has 0 spiro atoms. The first-order valence-electron chi connectivity index (χ1n) is 10.4. The number of rotatable bonds is 6. The van der Waals surface area contributed by atoms with Crippen molar-refractivity contribution in [2.75, 3.05) is 6.61 Å². The number of aromatic hydroxyl groups is 2. The standard InChI is InChI=1S/C21H28O13/c1-8-14(25)16(27)18(29)20(32-8)31-7-12-15(26)17(28)19(30)21(33-12)34-13(24)5-3-9-2-4-10(22)11(23)6-9/h2-6,8,12,14-23,25-30H,7H2,1H3/b5-3+/t8-,12+,14-,15+,16+,17-,18+,19+,20+,21-/m0/s1. The van der Waals surface area contributed by atoms with E-state index in [4.69, 9.17) is 18.9 Å². The van der Waals surface area contributed by atoms with Crippen molar-refractivity contribution in [2.45, 2.75) is 68.3 Å². The summed E-state index contributed by atoms with van der Waals surface area (Å²) >= 11 is 0. The molecule has 0 radical (unpaired) electrons. The molecular weight excluding hydrogens is 460 g/mol. The predicted molar refractivity (Wildman–Crippen MR) is 110 cm³/mol. The highest BCUT2D eigenvalue weighted by Gasteiger charge is 2.47. The monoisotopic (exact) mass is 488 g/mol. The Kier molecular flexibility index (Phi) is 8.46. The minimum Gasteiger partial charge on any atom is -0.504 e. The summed E-state index contributed by atoms with van der Waals surface area (Å²) in [5.74, 6) is -1.73. The zero-order valence-electron chi connectivity index (χ0n) is 18.0. The molecule has 0 unspecified atom stereocenters. The summed E-state index contributed by atoms with van der Waals surface area (Å²) in [7, 11) is 0. The molecule has 0 amide bonds. The van der Waals surface area contributed by atoms with Crippen molar-refractivity contribution in [2.24, 2.45) is 0 Å². The molecule has 8 N–H and O–H groups in total. The van der Waals surface area contributed by atoms with Gasteiger partial charge in [0.1, 0.15) is 42.7 Å². The van der Waals surface area contributed by atoms with Gasteiger partial charge in [-0.25, -0.2) is 4.79 Å². The van der Waals surface area contributed by atoms with Crippen LogP contribution in [0.1, 0.15) is 12.5 Å². The SMILES string of the molecule is C[C@@H]1O[C@@H](OC[C@H]2O[C@@H](OC(=O)/C=C/c3ccc(O)c(O)c3)[C@H](O)[C@@H](O)[C@@H]2O)[C@H](O)[C@H](O)[C@H]1O. The van der Waals surface area contributed by atoms with Gasteiger partial charge in [0, 0.05) is 6.08 Å². The molecule has 2 heterocycles. The van der Waals surface area contributed by atoms with Crippen molar-refractivity contribution in [1.82, 2.24) is 0 Å². The van der Waals surface area contributed by atoms with Crippen LogP contribution in [-0.4, -0.2) is 115 Å². The van der Waals surface area contributed by atoms with Gasteiger partial charge in [0.25, 0.3) is 0 Å². The number of hydrogen-bond donors (Lipinski definition) is 8. The molecule has 2 saturated heterocycles. The number of aliphatic hydroxyl groups is 6. The Morgan fingerprint density at radius 3 is 2.21 bits per heavy atom. The van der Waals surface area contributed by atoms with E-state index < -0.39 is 79.7 Å². The molecular formula is C21H28O13. The first-order chi connectivity index (χ1) is 16.0. The second-order valence-corrected chi connectivity index (χ2v) is 8.05. The smallest absolute Gasteiger partial charge is 0.333 e. The van der Waals surface area contributed by atoms with Gasteiger partial charge in [-0.15, -0.1) is 0 Å². The van der Waals surface area contributed by atoms with Gasteiger partial charge in [-0.1, -0.05) is 6.07 Å². The molecule has 0 saturated carbocycles. The van der Waals surface area contributed by atoms with Gasteiger partial charge in [-0.05, 0) is 30.7 Å². The Balaban J connectivity index is 1.60. The number of benzene rings is 1. The molecule has 1 aromatic rings. The lowest BCUT2D eigenvalue weighted by Crippen LogP contribution is -2.61. The quantitative estimate of drug-likeness (QED) is 0.116. The lowest BCUT2D eigenvalue weighted by Gasteiger charge is -2.42. The number of hydrogen-bond acceptors (Lipinski definition) is 13. The van der Waals surface area contributed by atoms with Gasteiger partial charge in [-0.3, -0.25) is 0 Å². The van der Waals surface area contributed by atoms with Crippen LogP contribution in [0.4, 0.5) is 0 Å². The minimum absolute atomic E-state index is 0.342. The Bertz CT molecular complexity index is 876.